The fraction of sp³-hybridized carbons (Fsp3) is 0.500. The second kappa shape index (κ2) is 6.34. The molecule has 1 atom stereocenters. The van der Waals surface area contributed by atoms with Crippen LogP contribution in [0.3, 0.4) is 0 Å². The van der Waals surface area contributed by atoms with Gasteiger partial charge in [-0.1, -0.05) is 24.3 Å². The average molecular weight is 358 g/mol. The predicted molar refractivity (Wildman–Crippen MR) is 98.1 cm³/mol. The van der Waals surface area contributed by atoms with E-state index in [1.54, 1.807) is 4.90 Å². The quantitative estimate of drug-likeness (QED) is 0.781. The molecule has 0 radical (unpaired) electrons. The number of carbonyl (C=O) groups excluding carboxylic acids is 2. The number of ether oxygens (including phenoxy) is 2. The van der Waals surface area contributed by atoms with Gasteiger partial charge in [-0.25, -0.2) is 9.59 Å². The highest BCUT2D eigenvalue weighted by Crippen LogP contribution is 2.47. The first-order valence-electron chi connectivity index (χ1n) is 8.82. The number of benzene rings is 1. The predicted octanol–water partition coefficient (Wildman–Crippen LogP) is 2.71. The smallest absolute Gasteiger partial charge is 0.410 e. The number of rotatable bonds is 1. The number of amides is 1. The van der Waals surface area contributed by atoms with E-state index in [0.717, 1.165) is 11.1 Å². The van der Waals surface area contributed by atoms with Crippen LogP contribution in [0.15, 0.2) is 29.8 Å². The Morgan fingerprint density at radius 2 is 1.92 bits per heavy atom. The van der Waals surface area contributed by atoms with Crippen molar-refractivity contribution in [3.63, 3.8) is 0 Å². The van der Waals surface area contributed by atoms with Crippen molar-refractivity contribution in [3.8, 4) is 0 Å². The number of carbonyl (C=O) groups is 2. The zero-order chi connectivity index (χ0) is 19.1. The molecule has 0 aromatic heterocycles. The van der Waals surface area contributed by atoms with Crippen molar-refractivity contribution < 1.29 is 19.1 Å². The molecule has 1 aliphatic carbocycles. The maximum Gasteiger partial charge on any atom is 0.410 e. The number of hydrogen-bond acceptors (Lipinski definition) is 5. The maximum atomic E-state index is 12.6. The largest absolute Gasteiger partial charge is 0.466 e. The van der Waals surface area contributed by atoms with Gasteiger partial charge in [0.25, 0.3) is 0 Å². The van der Waals surface area contributed by atoms with Gasteiger partial charge in [0.1, 0.15) is 5.60 Å². The van der Waals surface area contributed by atoms with Crippen LogP contribution in [0, 0.1) is 5.41 Å². The first-order chi connectivity index (χ1) is 12.2. The van der Waals surface area contributed by atoms with Crippen LogP contribution in [-0.4, -0.2) is 42.8 Å². The van der Waals surface area contributed by atoms with Crippen molar-refractivity contribution >= 4 is 17.8 Å². The summed E-state index contributed by atoms with van der Waals surface area (Å²) < 4.78 is 10.5. The molecule has 0 bridgehead atoms. The molecule has 2 N–H and O–H groups in total. The molecule has 26 heavy (non-hydrogen) atoms. The van der Waals surface area contributed by atoms with E-state index in [9.17, 15) is 9.59 Å². The second-order valence-electron chi connectivity index (χ2n) is 8.05. The summed E-state index contributed by atoms with van der Waals surface area (Å²) in [6.45, 7) is 6.42. The Morgan fingerprint density at radius 1 is 1.23 bits per heavy atom. The minimum atomic E-state index is -0.563. The molecule has 1 aliphatic heterocycles. The molecule has 1 spiro atoms. The first kappa shape index (κ1) is 18.3. The zero-order valence-corrected chi connectivity index (χ0v) is 15.8. The highest BCUT2D eigenvalue weighted by atomic mass is 16.6. The number of hydrogen-bond donors (Lipinski definition) is 1. The third-order valence-electron chi connectivity index (χ3n) is 5.03. The summed E-state index contributed by atoms with van der Waals surface area (Å²) in [7, 11) is 1.36. The van der Waals surface area contributed by atoms with Crippen LogP contribution in [0.4, 0.5) is 4.79 Å². The molecular formula is C20H26N2O4. The van der Waals surface area contributed by atoms with E-state index in [1.165, 1.54) is 7.11 Å². The fourth-order valence-electron chi connectivity index (χ4n) is 3.94. The summed E-state index contributed by atoms with van der Waals surface area (Å²) >= 11 is 0. The topological polar surface area (TPSA) is 81.9 Å². The Bertz CT molecular complexity index is 778. The lowest BCUT2D eigenvalue weighted by Crippen LogP contribution is -2.41. The van der Waals surface area contributed by atoms with Crippen LogP contribution in [0.1, 0.15) is 38.3 Å². The van der Waals surface area contributed by atoms with Crippen molar-refractivity contribution in [2.45, 2.75) is 39.2 Å². The summed E-state index contributed by atoms with van der Waals surface area (Å²) in [5, 5.41) is 0. The monoisotopic (exact) mass is 358 g/mol. The summed E-state index contributed by atoms with van der Waals surface area (Å²) in [5.74, 6) is -0.428. The third-order valence-corrected chi connectivity index (χ3v) is 5.03. The number of nitrogens with zero attached hydrogens (tertiary/aromatic N) is 1. The number of nitrogens with two attached hydrogens (primary N) is 1. The Labute approximate surface area is 153 Å². The second-order valence-corrected chi connectivity index (χ2v) is 8.05. The van der Waals surface area contributed by atoms with Gasteiger partial charge in [-0.15, -0.1) is 0 Å². The van der Waals surface area contributed by atoms with Gasteiger partial charge in [0.2, 0.25) is 0 Å². The van der Waals surface area contributed by atoms with Gasteiger partial charge in [-0.2, -0.15) is 0 Å². The molecule has 1 unspecified atom stereocenters. The molecular weight excluding hydrogens is 332 g/mol. The van der Waals surface area contributed by atoms with Crippen LogP contribution >= 0.6 is 0 Å². The minimum absolute atomic E-state index is 0.365. The van der Waals surface area contributed by atoms with E-state index < -0.39 is 17.0 Å². The molecule has 0 saturated carbocycles. The summed E-state index contributed by atoms with van der Waals surface area (Å²) in [6, 6.07) is 7.80. The molecule has 1 heterocycles. The Hall–Kier alpha value is -2.50. The zero-order valence-electron chi connectivity index (χ0n) is 15.8. The molecule has 3 rings (SSSR count). The van der Waals surface area contributed by atoms with Gasteiger partial charge < -0.3 is 20.1 Å². The standard InChI is InChI=1S/C20H26N2O4/c1-19(2,3)26-18(24)22-10-9-20(12-22)11-13-7-5-6-8-14(13)16(21)15(20)17(23)25-4/h5-8H,9-12,21H2,1-4H3. The molecule has 1 fully saturated rings. The van der Waals surface area contributed by atoms with Gasteiger partial charge in [-0.05, 0) is 39.2 Å². The van der Waals surface area contributed by atoms with Gasteiger partial charge in [0.05, 0.1) is 18.4 Å². The lowest BCUT2D eigenvalue weighted by molar-refractivity contribution is -0.137. The molecule has 1 saturated heterocycles. The Morgan fingerprint density at radius 3 is 2.58 bits per heavy atom. The van der Waals surface area contributed by atoms with E-state index in [0.29, 0.717) is 37.2 Å². The summed E-state index contributed by atoms with van der Waals surface area (Å²) in [4.78, 5) is 26.7. The van der Waals surface area contributed by atoms with Crippen molar-refractivity contribution in [3.05, 3.63) is 41.0 Å². The first-order valence-corrected chi connectivity index (χ1v) is 8.82. The van der Waals surface area contributed by atoms with Crippen LogP contribution in [0.2, 0.25) is 0 Å². The number of esters is 1. The van der Waals surface area contributed by atoms with Gasteiger partial charge in [0, 0.05) is 24.1 Å². The Balaban J connectivity index is 1.98. The summed E-state index contributed by atoms with van der Waals surface area (Å²) in [6.07, 6.45) is 0.926. The number of methoxy groups -OCH3 is 1. The number of fused-ring (bicyclic) bond motifs is 1. The molecule has 1 amide bonds. The van der Waals surface area contributed by atoms with Crippen LogP contribution in [-0.2, 0) is 20.7 Å². The Kier molecular flexibility index (Phi) is 4.46. The highest BCUT2D eigenvalue weighted by Gasteiger charge is 2.50. The number of likely N-dealkylation sites (tertiary alicyclic amines) is 1. The highest BCUT2D eigenvalue weighted by molar-refractivity contribution is 6.00. The molecule has 140 valence electrons. The van der Waals surface area contributed by atoms with Gasteiger partial charge in [0.15, 0.2) is 0 Å². The van der Waals surface area contributed by atoms with Gasteiger partial charge >= 0.3 is 12.1 Å². The van der Waals surface area contributed by atoms with Gasteiger partial charge in [-0.3, -0.25) is 0 Å². The van der Waals surface area contributed by atoms with E-state index in [4.69, 9.17) is 15.2 Å². The minimum Gasteiger partial charge on any atom is -0.466 e. The van der Waals surface area contributed by atoms with Crippen LogP contribution in [0.5, 0.6) is 0 Å². The molecule has 1 aromatic rings. The van der Waals surface area contributed by atoms with Crippen LogP contribution in [0.25, 0.3) is 5.70 Å². The normalized spacial score (nSPS) is 22.4. The molecule has 6 nitrogen and oxygen atoms in total. The van der Waals surface area contributed by atoms with Crippen molar-refractivity contribution in [1.29, 1.82) is 0 Å². The summed E-state index contributed by atoms with van der Waals surface area (Å²) in [5.41, 5.74) is 8.17. The van der Waals surface area contributed by atoms with E-state index in [1.807, 2.05) is 45.0 Å². The molecule has 2 aliphatic rings. The third kappa shape index (κ3) is 3.16. The van der Waals surface area contributed by atoms with E-state index >= 15 is 0 Å². The van der Waals surface area contributed by atoms with E-state index in [2.05, 4.69) is 0 Å². The lowest BCUT2D eigenvalue weighted by Gasteiger charge is -2.36. The van der Waals surface area contributed by atoms with Crippen LogP contribution < -0.4 is 5.73 Å². The molecule has 1 aromatic carbocycles. The van der Waals surface area contributed by atoms with E-state index in [-0.39, 0.29) is 6.09 Å². The van der Waals surface area contributed by atoms with Crippen molar-refractivity contribution in [2.75, 3.05) is 20.2 Å². The lowest BCUT2D eigenvalue weighted by atomic mass is 9.68. The maximum absolute atomic E-state index is 12.6. The van der Waals surface area contributed by atoms with Crippen molar-refractivity contribution in [2.24, 2.45) is 11.1 Å². The average Bonchev–Trinajstić information content (AvgIpc) is 2.97. The fourth-order valence-corrected chi connectivity index (χ4v) is 3.94. The van der Waals surface area contributed by atoms with Crippen molar-refractivity contribution in [1.82, 2.24) is 4.90 Å². The molecule has 6 heteroatoms. The SMILES string of the molecule is COC(=O)C1=C(N)c2ccccc2CC12CCN(C(=O)OC(C)(C)C)C2.